The molecule has 2 aromatic rings. The van der Waals surface area contributed by atoms with E-state index in [1.807, 2.05) is 17.7 Å². The molecule has 1 fully saturated rings. The number of nitrogens with zero attached hydrogens (tertiary/aromatic N) is 3. The molecule has 0 spiro atoms. The van der Waals surface area contributed by atoms with Crippen molar-refractivity contribution in [3.63, 3.8) is 0 Å². The average molecular weight is 347 g/mol. The Bertz CT molecular complexity index is 695. The van der Waals surface area contributed by atoms with Gasteiger partial charge >= 0.3 is 0 Å². The Morgan fingerprint density at radius 3 is 2.67 bits per heavy atom. The predicted octanol–water partition coefficient (Wildman–Crippen LogP) is 4.21. The quantitative estimate of drug-likeness (QED) is 0.852. The van der Waals surface area contributed by atoms with Gasteiger partial charge in [0.15, 0.2) is 0 Å². The fraction of sp³-hybridized carbons (Fsp3) is 0.611. The van der Waals surface area contributed by atoms with Crippen molar-refractivity contribution in [2.75, 3.05) is 0 Å². The molecule has 0 atom stereocenters. The highest BCUT2D eigenvalue weighted by Gasteiger charge is 2.40. The Morgan fingerprint density at radius 1 is 1.38 bits per heavy atom. The monoisotopic (exact) mass is 346 g/mol. The van der Waals surface area contributed by atoms with Crippen LogP contribution in [-0.4, -0.2) is 20.7 Å². The molecule has 1 saturated carbocycles. The van der Waals surface area contributed by atoms with Crippen LogP contribution in [0.3, 0.4) is 0 Å². The lowest BCUT2D eigenvalue weighted by Crippen LogP contribution is -2.44. The minimum atomic E-state index is -0.307. The summed E-state index contributed by atoms with van der Waals surface area (Å²) in [7, 11) is 0. The number of carbonyl (C=O) groups excluding carboxylic acids is 1. The zero-order chi connectivity index (χ0) is 17.2. The Labute approximate surface area is 147 Å². The van der Waals surface area contributed by atoms with E-state index < -0.39 is 0 Å². The molecule has 2 aromatic heterocycles. The van der Waals surface area contributed by atoms with Crippen LogP contribution in [0.1, 0.15) is 79.6 Å². The molecule has 1 N–H and O–H groups in total. The smallest absolute Gasteiger partial charge is 0.270 e. The van der Waals surface area contributed by atoms with Gasteiger partial charge in [-0.1, -0.05) is 26.7 Å². The number of thiazole rings is 1. The molecule has 24 heavy (non-hydrogen) atoms. The molecular weight excluding hydrogens is 320 g/mol. The van der Waals surface area contributed by atoms with Crippen LogP contribution in [0.2, 0.25) is 0 Å². The molecule has 3 rings (SSSR count). The van der Waals surface area contributed by atoms with Crippen LogP contribution in [0.25, 0.3) is 0 Å². The number of aryl methyl sites for hydroxylation is 1. The Morgan fingerprint density at radius 2 is 2.08 bits per heavy atom. The summed E-state index contributed by atoms with van der Waals surface area (Å²) < 4.78 is 1.88. The topological polar surface area (TPSA) is 59.8 Å². The van der Waals surface area contributed by atoms with Crippen molar-refractivity contribution in [1.29, 1.82) is 0 Å². The van der Waals surface area contributed by atoms with Crippen molar-refractivity contribution in [3.8, 4) is 0 Å². The highest BCUT2D eigenvalue weighted by atomic mass is 32.1. The first-order valence-corrected chi connectivity index (χ1v) is 9.76. The summed E-state index contributed by atoms with van der Waals surface area (Å²) in [5, 5.41) is 10.8. The summed E-state index contributed by atoms with van der Waals surface area (Å²) >= 11 is 1.66. The van der Waals surface area contributed by atoms with E-state index in [4.69, 9.17) is 0 Å². The molecular formula is C18H26N4OS. The van der Waals surface area contributed by atoms with Crippen molar-refractivity contribution in [2.24, 2.45) is 0 Å². The first-order valence-electron chi connectivity index (χ1n) is 8.88. The normalized spacial score (nSPS) is 16.7. The van der Waals surface area contributed by atoms with Crippen LogP contribution in [0.15, 0.2) is 17.6 Å². The highest BCUT2D eigenvalue weighted by molar-refractivity contribution is 7.09. The van der Waals surface area contributed by atoms with Crippen LogP contribution in [0.5, 0.6) is 0 Å². The average Bonchev–Trinajstić information content (AvgIpc) is 3.29. The van der Waals surface area contributed by atoms with E-state index in [1.54, 1.807) is 17.5 Å². The maximum atomic E-state index is 13.0. The Kier molecular flexibility index (Phi) is 5.04. The standard InChI is InChI=1S/C18H26N4OS/c1-4-14(5-2)22-15(8-11-19-22)16(23)21-18(9-6-7-10-18)17-20-13(3)12-24-17/h8,11-12,14H,4-7,9-10H2,1-3H3,(H,21,23). The number of amides is 1. The third kappa shape index (κ3) is 3.11. The van der Waals surface area contributed by atoms with Crippen LogP contribution in [-0.2, 0) is 5.54 Å². The second-order valence-corrected chi connectivity index (χ2v) is 7.53. The van der Waals surface area contributed by atoms with Crippen LogP contribution < -0.4 is 5.32 Å². The van der Waals surface area contributed by atoms with Gasteiger partial charge in [0, 0.05) is 17.3 Å². The van der Waals surface area contributed by atoms with Crippen LogP contribution >= 0.6 is 11.3 Å². The predicted molar refractivity (Wildman–Crippen MR) is 96.3 cm³/mol. The fourth-order valence-corrected chi connectivity index (χ4v) is 4.66. The van der Waals surface area contributed by atoms with Crippen LogP contribution in [0.4, 0.5) is 0 Å². The molecule has 5 nitrogen and oxygen atoms in total. The van der Waals surface area contributed by atoms with E-state index >= 15 is 0 Å². The number of rotatable bonds is 6. The molecule has 130 valence electrons. The number of carbonyl (C=O) groups is 1. The van der Waals surface area contributed by atoms with Gasteiger partial charge in [0.1, 0.15) is 10.7 Å². The highest BCUT2D eigenvalue weighted by Crippen LogP contribution is 2.40. The molecule has 2 heterocycles. The van der Waals surface area contributed by atoms with E-state index in [-0.39, 0.29) is 17.5 Å². The van der Waals surface area contributed by atoms with Crippen molar-refractivity contribution in [2.45, 2.75) is 70.9 Å². The summed E-state index contributed by atoms with van der Waals surface area (Å²) in [4.78, 5) is 17.7. The van der Waals surface area contributed by atoms with E-state index in [9.17, 15) is 4.79 Å². The number of aromatic nitrogens is 3. The lowest BCUT2D eigenvalue weighted by molar-refractivity contribution is 0.0883. The second kappa shape index (κ2) is 7.05. The van der Waals surface area contributed by atoms with Gasteiger partial charge in [-0.05, 0) is 38.7 Å². The van der Waals surface area contributed by atoms with E-state index in [2.05, 4.69) is 34.6 Å². The maximum Gasteiger partial charge on any atom is 0.270 e. The minimum absolute atomic E-state index is 0.0332. The maximum absolute atomic E-state index is 13.0. The van der Waals surface area contributed by atoms with E-state index in [0.29, 0.717) is 5.69 Å². The molecule has 0 saturated heterocycles. The molecule has 0 unspecified atom stereocenters. The third-order valence-corrected chi connectivity index (χ3v) is 6.19. The zero-order valence-corrected chi connectivity index (χ0v) is 15.5. The van der Waals surface area contributed by atoms with Crippen molar-refractivity contribution < 1.29 is 4.79 Å². The van der Waals surface area contributed by atoms with Gasteiger partial charge < -0.3 is 5.32 Å². The largest absolute Gasteiger partial charge is 0.339 e. The summed E-state index contributed by atoms with van der Waals surface area (Å²) in [6, 6.07) is 2.09. The van der Waals surface area contributed by atoms with Gasteiger partial charge in [0.25, 0.3) is 5.91 Å². The Hall–Kier alpha value is -1.69. The third-order valence-electron chi connectivity index (χ3n) is 5.03. The van der Waals surface area contributed by atoms with Gasteiger partial charge in [0.2, 0.25) is 0 Å². The molecule has 0 aliphatic heterocycles. The van der Waals surface area contributed by atoms with Gasteiger partial charge in [0.05, 0.1) is 11.6 Å². The van der Waals surface area contributed by atoms with E-state index in [0.717, 1.165) is 49.2 Å². The van der Waals surface area contributed by atoms with Gasteiger partial charge in [-0.15, -0.1) is 11.3 Å². The molecule has 1 aliphatic carbocycles. The number of hydrogen-bond acceptors (Lipinski definition) is 4. The molecule has 0 aromatic carbocycles. The molecule has 0 radical (unpaired) electrons. The first-order chi connectivity index (χ1) is 11.6. The summed E-state index contributed by atoms with van der Waals surface area (Å²) in [5.74, 6) is -0.0332. The fourth-order valence-electron chi connectivity index (χ4n) is 3.65. The van der Waals surface area contributed by atoms with Gasteiger partial charge in [-0.25, -0.2) is 4.98 Å². The second-order valence-electron chi connectivity index (χ2n) is 6.67. The van der Waals surface area contributed by atoms with Gasteiger partial charge in [-0.2, -0.15) is 5.10 Å². The van der Waals surface area contributed by atoms with Gasteiger partial charge in [-0.3, -0.25) is 9.48 Å². The lowest BCUT2D eigenvalue weighted by atomic mass is 9.98. The molecule has 6 heteroatoms. The molecule has 1 aliphatic rings. The van der Waals surface area contributed by atoms with E-state index in [1.165, 1.54) is 0 Å². The number of nitrogens with one attached hydrogen (secondary N) is 1. The first kappa shape index (κ1) is 17.1. The number of hydrogen-bond donors (Lipinski definition) is 1. The minimum Gasteiger partial charge on any atom is -0.339 e. The van der Waals surface area contributed by atoms with Crippen LogP contribution in [0, 0.1) is 6.92 Å². The zero-order valence-electron chi connectivity index (χ0n) is 14.7. The molecule has 1 amide bonds. The summed E-state index contributed by atoms with van der Waals surface area (Å²) in [6.45, 7) is 6.27. The van der Waals surface area contributed by atoms with Crippen molar-refractivity contribution in [3.05, 3.63) is 34.0 Å². The van der Waals surface area contributed by atoms with Crippen molar-refractivity contribution >= 4 is 17.2 Å². The SMILES string of the molecule is CCC(CC)n1nccc1C(=O)NC1(c2nc(C)cs2)CCCC1. The lowest BCUT2D eigenvalue weighted by Gasteiger charge is -2.28. The summed E-state index contributed by atoms with van der Waals surface area (Å²) in [5.41, 5.74) is 1.37. The Balaban J connectivity index is 1.87. The van der Waals surface area contributed by atoms with Crippen molar-refractivity contribution in [1.82, 2.24) is 20.1 Å². The summed E-state index contributed by atoms with van der Waals surface area (Å²) in [6.07, 6.45) is 7.84. The molecule has 0 bridgehead atoms.